The second-order valence-electron chi connectivity index (χ2n) is 11.4. The summed E-state index contributed by atoms with van der Waals surface area (Å²) < 4.78 is 48.9. The Morgan fingerprint density at radius 1 is 1.07 bits per heavy atom. The van der Waals surface area contributed by atoms with Crippen molar-refractivity contribution in [1.82, 2.24) is 29.5 Å². The second-order valence-corrected chi connectivity index (χ2v) is 13.3. The minimum atomic E-state index is -3.92. The molecule has 2 fully saturated rings. The number of methoxy groups -OCH3 is 1. The first-order chi connectivity index (χ1) is 20.3. The Kier molecular flexibility index (Phi) is 8.28. The van der Waals surface area contributed by atoms with Crippen LogP contribution in [0, 0.1) is 0 Å². The lowest BCUT2D eigenvalue weighted by molar-refractivity contribution is -0.126. The molecule has 0 spiro atoms. The third kappa shape index (κ3) is 5.93. The lowest BCUT2D eigenvalue weighted by Gasteiger charge is -2.33. The molecular weight excluding hydrogens is 559 g/mol. The third-order valence-electron chi connectivity index (χ3n) is 8.64. The summed E-state index contributed by atoms with van der Waals surface area (Å²) in [6.45, 7) is 2.83. The molecule has 0 saturated carbocycles. The predicted molar refractivity (Wildman–Crippen MR) is 154 cm³/mol. The summed E-state index contributed by atoms with van der Waals surface area (Å²) in [5.74, 6) is 0.205. The fourth-order valence-corrected chi connectivity index (χ4v) is 7.94. The van der Waals surface area contributed by atoms with Crippen LogP contribution >= 0.6 is 0 Å². The lowest BCUT2D eigenvalue weighted by Crippen LogP contribution is -2.57. The van der Waals surface area contributed by atoms with Gasteiger partial charge in [-0.25, -0.2) is 17.5 Å². The molecule has 1 aromatic heterocycles. The van der Waals surface area contributed by atoms with Crippen molar-refractivity contribution in [3.63, 3.8) is 0 Å². The van der Waals surface area contributed by atoms with Crippen molar-refractivity contribution >= 4 is 15.9 Å². The molecule has 2 aromatic carbocycles. The van der Waals surface area contributed by atoms with Gasteiger partial charge in [0.1, 0.15) is 18.0 Å². The number of alkyl halides is 1. The molecule has 1 N–H and O–H groups in total. The number of ether oxygens (including phenoxy) is 1. The Labute approximate surface area is 245 Å². The van der Waals surface area contributed by atoms with Crippen LogP contribution in [0.15, 0.2) is 53.6 Å². The van der Waals surface area contributed by atoms with E-state index in [0.717, 1.165) is 38.9 Å². The highest BCUT2D eigenvalue weighted by Gasteiger charge is 2.39. The van der Waals surface area contributed by atoms with Gasteiger partial charge in [-0.2, -0.15) is 4.31 Å². The average molecular weight is 597 g/mol. The van der Waals surface area contributed by atoms with E-state index in [1.54, 1.807) is 12.1 Å². The van der Waals surface area contributed by atoms with Crippen LogP contribution in [-0.4, -0.2) is 84.0 Å². The fraction of sp³-hybridized carbons (Fsp3) is 0.500. The van der Waals surface area contributed by atoms with E-state index in [4.69, 9.17) is 4.74 Å². The highest BCUT2D eigenvalue weighted by Crippen LogP contribution is 2.34. The zero-order valence-electron chi connectivity index (χ0n) is 23.8. The number of halogens is 1. The van der Waals surface area contributed by atoms with E-state index in [2.05, 4.69) is 38.7 Å². The molecule has 224 valence electrons. The summed E-state index contributed by atoms with van der Waals surface area (Å²) in [6, 6.07) is 11.9. The van der Waals surface area contributed by atoms with Crippen LogP contribution in [0.1, 0.15) is 54.1 Å². The number of piperazine rings is 1. The van der Waals surface area contributed by atoms with Gasteiger partial charge in [0.05, 0.1) is 23.7 Å². The molecule has 12 heteroatoms. The van der Waals surface area contributed by atoms with Crippen LogP contribution < -0.4 is 10.1 Å². The number of amides is 1. The number of sulfonamides is 1. The maximum Gasteiger partial charge on any atom is 0.243 e. The number of fused-ring (bicyclic) bond motifs is 1. The van der Waals surface area contributed by atoms with Gasteiger partial charge in [-0.05, 0) is 73.1 Å². The number of likely N-dealkylation sites (tertiary alicyclic amines) is 1. The zero-order chi connectivity index (χ0) is 29.3. The van der Waals surface area contributed by atoms with Crippen LogP contribution in [-0.2, 0) is 34.2 Å². The molecule has 3 aromatic rings. The quantitative estimate of drug-likeness (QED) is 0.426. The maximum atomic E-state index is 13.5. The summed E-state index contributed by atoms with van der Waals surface area (Å²) in [5, 5.41) is 11.6. The number of carbonyl (C=O) groups is 1. The van der Waals surface area contributed by atoms with E-state index in [9.17, 15) is 17.6 Å². The van der Waals surface area contributed by atoms with Crippen LogP contribution in [0.25, 0.3) is 0 Å². The Morgan fingerprint density at radius 3 is 2.62 bits per heavy atom. The van der Waals surface area contributed by atoms with Crippen LogP contribution in [0.5, 0.6) is 5.75 Å². The minimum Gasteiger partial charge on any atom is -0.497 e. The largest absolute Gasteiger partial charge is 0.497 e. The van der Waals surface area contributed by atoms with Gasteiger partial charge in [-0.15, -0.1) is 5.10 Å². The molecule has 0 radical (unpaired) electrons. The Morgan fingerprint density at radius 2 is 1.86 bits per heavy atom. The maximum absolute atomic E-state index is 13.5. The first-order valence-electron chi connectivity index (χ1n) is 14.6. The van der Waals surface area contributed by atoms with Crippen LogP contribution in [0.3, 0.4) is 0 Å². The topological polar surface area (TPSA) is 110 Å². The predicted octanol–water partition coefficient (Wildman–Crippen LogP) is 2.88. The first-order valence-corrected chi connectivity index (χ1v) is 16.1. The Balaban J connectivity index is 1.18. The number of aromatic nitrogens is 3. The molecule has 0 bridgehead atoms. The van der Waals surface area contributed by atoms with Gasteiger partial charge in [0.2, 0.25) is 15.9 Å². The summed E-state index contributed by atoms with van der Waals surface area (Å²) in [4.78, 5) is 15.4. The van der Waals surface area contributed by atoms with Gasteiger partial charge in [0.25, 0.3) is 0 Å². The van der Waals surface area contributed by atoms with Gasteiger partial charge >= 0.3 is 0 Å². The van der Waals surface area contributed by atoms with E-state index in [0.29, 0.717) is 24.3 Å². The molecule has 3 heterocycles. The van der Waals surface area contributed by atoms with Crippen molar-refractivity contribution in [2.24, 2.45) is 0 Å². The SMILES string of the molecule is COc1ccc(S(=O)(=O)N2CCNC(=O)[C@H]2Cc2cn([C@@H]3CCCc4cc(CN5CCC(F)CC5)ccc43)nn2)cc1. The molecule has 2 atom stereocenters. The van der Waals surface area contributed by atoms with E-state index in [1.807, 2.05) is 10.9 Å². The zero-order valence-corrected chi connectivity index (χ0v) is 24.6. The third-order valence-corrected chi connectivity index (χ3v) is 10.6. The molecule has 42 heavy (non-hydrogen) atoms. The first kappa shape index (κ1) is 28.8. The molecule has 2 saturated heterocycles. The van der Waals surface area contributed by atoms with E-state index in [-0.39, 0.29) is 36.4 Å². The molecule has 10 nitrogen and oxygen atoms in total. The standard InChI is InChI=1S/C30H37FN6O4S/c1-41-25-6-8-26(9-7-25)42(39,40)37-16-13-32-30(38)29(37)18-24-20-36(34-33-24)28-4-2-3-22-17-21(5-10-27(22)28)19-35-14-11-23(31)12-15-35/h5-10,17,20,23,28-29H,2-4,11-16,18-19H2,1H3,(H,32,38)/t28-,29-/m1/s1. The van der Waals surface area contributed by atoms with Crippen molar-refractivity contribution in [1.29, 1.82) is 0 Å². The highest BCUT2D eigenvalue weighted by molar-refractivity contribution is 7.89. The summed E-state index contributed by atoms with van der Waals surface area (Å²) in [5.41, 5.74) is 4.31. The van der Waals surface area contributed by atoms with Gasteiger partial charge in [0.15, 0.2) is 0 Å². The normalized spacial score (nSPS) is 22.5. The van der Waals surface area contributed by atoms with E-state index >= 15 is 0 Å². The van der Waals surface area contributed by atoms with Crippen molar-refractivity contribution < 1.29 is 22.3 Å². The number of hydrogen-bond donors (Lipinski definition) is 1. The summed E-state index contributed by atoms with van der Waals surface area (Å²) in [6.07, 6.45) is 5.43. The second kappa shape index (κ2) is 12.1. The number of rotatable bonds is 8. The smallest absolute Gasteiger partial charge is 0.243 e. The molecular formula is C30H37FN6O4S. The Hall–Kier alpha value is -3.35. The highest BCUT2D eigenvalue weighted by atomic mass is 32.2. The lowest BCUT2D eigenvalue weighted by atomic mass is 9.86. The van der Waals surface area contributed by atoms with Crippen LogP contribution in [0.4, 0.5) is 4.39 Å². The number of nitrogens with zero attached hydrogens (tertiary/aromatic N) is 5. The van der Waals surface area contributed by atoms with Crippen molar-refractivity contribution in [2.75, 3.05) is 33.3 Å². The number of carbonyl (C=O) groups excluding carboxylic acids is 1. The van der Waals surface area contributed by atoms with Crippen LogP contribution in [0.2, 0.25) is 0 Å². The number of piperidine rings is 1. The molecule has 3 aliphatic rings. The van der Waals surface area contributed by atoms with Gasteiger partial charge in [-0.3, -0.25) is 9.69 Å². The van der Waals surface area contributed by atoms with Crippen molar-refractivity contribution in [3.8, 4) is 5.75 Å². The van der Waals surface area contributed by atoms with Crippen molar-refractivity contribution in [3.05, 3.63) is 71.0 Å². The van der Waals surface area contributed by atoms with Crippen molar-refractivity contribution in [2.45, 2.75) is 68.2 Å². The Bertz CT molecular complexity index is 1520. The van der Waals surface area contributed by atoms with E-state index < -0.39 is 22.2 Å². The van der Waals surface area contributed by atoms with Gasteiger partial charge in [-0.1, -0.05) is 23.4 Å². The molecule has 1 aliphatic carbocycles. The van der Waals surface area contributed by atoms with E-state index in [1.165, 1.54) is 40.2 Å². The van der Waals surface area contributed by atoms with Gasteiger partial charge in [0, 0.05) is 45.3 Å². The summed E-state index contributed by atoms with van der Waals surface area (Å²) >= 11 is 0. The monoisotopic (exact) mass is 596 g/mol. The molecule has 0 unspecified atom stereocenters. The minimum absolute atomic E-state index is 0.0191. The molecule has 6 rings (SSSR count). The van der Waals surface area contributed by atoms with Gasteiger partial charge < -0.3 is 10.1 Å². The number of hydrogen-bond acceptors (Lipinski definition) is 7. The number of aryl methyl sites for hydroxylation is 1. The number of nitrogens with one attached hydrogen (secondary N) is 1. The molecule has 1 amide bonds. The number of benzene rings is 2. The average Bonchev–Trinajstić information content (AvgIpc) is 3.47. The summed E-state index contributed by atoms with van der Waals surface area (Å²) in [7, 11) is -2.40. The fourth-order valence-electron chi connectivity index (χ4n) is 6.35. The molecule has 2 aliphatic heterocycles.